The van der Waals surface area contributed by atoms with Gasteiger partial charge < -0.3 is 10.2 Å². The highest BCUT2D eigenvalue weighted by Gasteiger charge is 2.24. The lowest BCUT2D eigenvalue weighted by Gasteiger charge is -2.29. The maximum atomic E-state index is 11.9. The van der Waals surface area contributed by atoms with E-state index >= 15 is 0 Å². The van der Waals surface area contributed by atoms with Gasteiger partial charge in [-0.1, -0.05) is 0 Å². The number of aryl methyl sites for hydroxylation is 1. The van der Waals surface area contributed by atoms with Crippen LogP contribution in [0.4, 0.5) is 0 Å². The number of piperidine rings is 1. The van der Waals surface area contributed by atoms with Crippen molar-refractivity contribution in [3.05, 3.63) is 23.8 Å². The average molecular weight is 248 g/mol. The summed E-state index contributed by atoms with van der Waals surface area (Å²) < 4.78 is 0. The van der Waals surface area contributed by atoms with Gasteiger partial charge in [0.05, 0.1) is 11.9 Å². The van der Waals surface area contributed by atoms with Crippen molar-refractivity contribution in [3.8, 4) is 0 Å². The van der Waals surface area contributed by atoms with Crippen LogP contribution >= 0.6 is 0 Å². The maximum Gasteiger partial charge on any atom is 0.271 e. The van der Waals surface area contributed by atoms with E-state index in [2.05, 4.69) is 15.3 Å². The third-order valence-corrected chi connectivity index (χ3v) is 2.98. The lowest BCUT2D eigenvalue weighted by atomic mass is 10.1. The van der Waals surface area contributed by atoms with E-state index in [4.69, 9.17) is 0 Å². The molecule has 2 heterocycles. The Morgan fingerprint density at radius 2 is 2.22 bits per heavy atom. The molecular formula is C12H16N4O2. The summed E-state index contributed by atoms with van der Waals surface area (Å²) in [4.78, 5) is 32.9. The van der Waals surface area contributed by atoms with Gasteiger partial charge in [0.15, 0.2) is 0 Å². The Morgan fingerprint density at radius 1 is 1.44 bits per heavy atom. The first-order valence-corrected chi connectivity index (χ1v) is 5.89. The molecule has 0 spiro atoms. The summed E-state index contributed by atoms with van der Waals surface area (Å²) in [5, 5.41) is 2.87. The summed E-state index contributed by atoms with van der Waals surface area (Å²) in [6.45, 7) is 2.36. The number of rotatable bonds is 2. The van der Waals surface area contributed by atoms with Gasteiger partial charge in [-0.25, -0.2) is 4.98 Å². The minimum Gasteiger partial charge on any atom is -0.346 e. The molecule has 0 aliphatic carbocycles. The first-order valence-electron chi connectivity index (χ1n) is 5.89. The summed E-state index contributed by atoms with van der Waals surface area (Å²) in [5.41, 5.74) is 1.08. The number of nitrogens with one attached hydrogen (secondary N) is 1. The maximum absolute atomic E-state index is 11.9. The number of carbonyl (C=O) groups is 2. The number of hydrogen-bond acceptors (Lipinski definition) is 4. The second-order valence-electron chi connectivity index (χ2n) is 4.53. The standard InChI is InChI=1S/C12H16N4O2/c1-8-5-14-10(6-13-8)12(18)15-9-3-4-11(17)16(2)7-9/h5-6,9H,3-4,7H2,1-2H3,(H,15,18). The number of likely N-dealkylation sites (N-methyl/N-ethyl adjacent to an activating group) is 1. The summed E-state index contributed by atoms with van der Waals surface area (Å²) in [6.07, 6.45) is 4.17. The molecule has 1 atom stereocenters. The number of aromatic nitrogens is 2. The van der Waals surface area contributed by atoms with Crippen molar-refractivity contribution in [3.63, 3.8) is 0 Å². The second kappa shape index (κ2) is 5.12. The van der Waals surface area contributed by atoms with Crippen molar-refractivity contribution in [2.24, 2.45) is 0 Å². The third kappa shape index (κ3) is 2.82. The van der Waals surface area contributed by atoms with E-state index in [9.17, 15) is 9.59 Å². The molecule has 1 unspecified atom stereocenters. The second-order valence-corrected chi connectivity index (χ2v) is 4.53. The first-order chi connectivity index (χ1) is 8.56. The molecule has 1 N–H and O–H groups in total. The molecule has 1 fully saturated rings. The largest absolute Gasteiger partial charge is 0.346 e. The molecule has 2 amide bonds. The van der Waals surface area contributed by atoms with Crippen molar-refractivity contribution >= 4 is 11.8 Å². The van der Waals surface area contributed by atoms with E-state index in [1.807, 2.05) is 6.92 Å². The first kappa shape index (κ1) is 12.5. The number of amides is 2. The number of carbonyl (C=O) groups excluding carboxylic acids is 2. The normalized spacial score (nSPS) is 19.8. The molecule has 96 valence electrons. The van der Waals surface area contributed by atoms with Crippen molar-refractivity contribution in [1.29, 1.82) is 0 Å². The van der Waals surface area contributed by atoms with Gasteiger partial charge in [0, 0.05) is 32.3 Å². The van der Waals surface area contributed by atoms with E-state index in [0.29, 0.717) is 25.1 Å². The van der Waals surface area contributed by atoms with E-state index in [1.54, 1.807) is 18.1 Å². The van der Waals surface area contributed by atoms with Gasteiger partial charge in [0.1, 0.15) is 5.69 Å². The summed E-state index contributed by atoms with van der Waals surface area (Å²) in [7, 11) is 1.74. The fourth-order valence-corrected chi connectivity index (χ4v) is 1.90. The smallest absolute Gasteiger partial charge is 0.271 e. The van der Waals surface area contributed by atoms with Crippen LogP contribution in [-0.4, -0.2) is 46.3 Å². The monoisotopic (exact) mass is 248 g/mol. The molecule has 18 heavy (non-hydrogen) atoms. The number of nitrogens with zero attached hydrogens (tertiary/aromatic N) is 3. The third-order valence-electron chi connectivity index (χ3n) is 2.98. The number of hydrogen-bond donors (Lipinski definition) is 1. The zero-order chi connectivity index (χ0) is 13.1. The molecular weight excluding hydrogens is 232 g/mol. The van der Waals surface area contributed by atoms with Crippen LogP contribution < -0.4 is 5.32 Å². The molecule has 0 bridgehead atoms. The van der Waals surface area contributed by atoms with Gasteiger partial charge in [-0.2, -0.15) is 0 Å². The van der Waals surface area contributed by atoms with Gasteiger partial charge in [0.2, 0.25) is 5.91 Å². The molecule has 1 aromatic heterocycles. The lowest BCUT2D eigenvalue weighted by Crippen LogP contribution is -2.48. The van der Waals surface area contributed by atoms with Gasteiger partial charge in [-0.15, -0.1) is 0 Å². The topological polar surface area (TPSA) is 75.2 Å². The number of likely N-dealkylation sites (tertiary alicyclic amines) is 1. The van der Waals surface area contributed by atoms with Crippen molar-refractivity contribution in [1.82, 2.24) is 20.2 Å². The highest BCUT2D eigenvalue weighted by atomic mass is 16.2. The van der Waals surface area contributed by atoms with Crippen LogP contribution in [0.2, 0.25) is 0 Å². The predicted molar refractivity (Wildman–Crippen MR) is 64.9 cm³/mol. The van der Waals surface area contributed by atoms with E-state index < -0.39 is 0 Å². The Kier molecular flexibility index (Phi) is 3.55. The molecule has 6 heteroatoms. The van der Waals surface area contributed by atoms with Gasteiger partial charge in [-0.05, 0) is 13.3 Å². The Balaban J connectivity index is 1.95. The zero-order valence-electron chi connectivity index (χ0n) is 10.5. The summed E-state index contributed by atoms with van der Waals surface area (Å²) in [5.74, 6) is -0.120. The molecule has 0 aromatic carbocycles. The van der Waals surface area contributed by atoms with Crippen LogP contribution in [0.5, 0.6) is 0 Å². The summed E-state index contributed by atoms with van der Waals surface area (Å²) >= 11 is 0. The van der Waals surface area contributed by atoms with Crippen LogP contribution in [0, 0.1) is 6.92 Å². The Bertz CT molecular complexity index is 458. The van der Waals surface area contributed by atoms with Crippen molar-refractivity contribution in [2.75, 3.05) is 13.6 Å². The Hall–Kier alpha value is -1.98. The van der Waals surface area contributed by atoms with E-state index in [1.165, 1.54) is 6.20 Å². The van der Waals surface area contributed by atoms with E-state index in [-0.39, 0.29) is 17.9 Å². The molecule has 6 nitrogen and oxygen atoms in total. The van der Waals surface area contributed by atoms with E-state index in [0.717, 1.165) is 5.69 Å². The van der Waals surface area contributed by atoms with Gasteiger partial charge in [0.25, 0.3) is 5.91 Å². The minimum absolute atomic E-state index is 0.0108. The predicted octanol–water partition coefficient (Wildman–Crippen LogP) is 0.136. The molecule has 0 saturated carbocycles. The molecule has 1 aliphatic rings. The molecule has 1 saturated heterocycles. The quantitative estimate of drug-likeness (QED) is 0.807. The van der Waals surface area contributed by atoms with Crippen LogP contribution in [-0.2, 0) is 4.79 Å². The Morgan fingerprint density at radius 3 is 2.83 bits per heavy atom. The van der Waals surface area contributed by atoms with Gasteiger partial charge in [-0.3, -0.25) is 14.6 Å². The van der Waals surface area contributed by atoms with Crippen molar-refractivity contribution in [2.45, 2.75) is 25.8 Å². The molecule has 0 radical (unpaired) electrons. The SMILES string of the molecule is Cc1cnc(C(=O)NC2CCC(=O)N(C)C2)cn1. The van der Waals surface area contributed by atoms with Crippen LogP contribution in [0.25, 0.3) is 0 Å². The molecule has 1 aliphatic heterocycles. The van der Waals surface area contributed by atoms with Crippen LogP contribution in [0.3, 0.4) is 0 Å². The highest BCUT2D eigenvalue weighted by molar-refractivity contribution is 5.92. The van der Waals surface area contributed by atoms with Gasteiger partial charge >= 0.3 is 0 Å². The van der Waals surface area contributed by atoms with Crippen LogP contribution in [0.1, 0.15) is 29.0 Å². The lowest BCUT2D eigenvalue weighted by molar-refractivity contribution is -0.132. The minimum atomic E-state index is -0.241. The molecule has 1 aromatic rings. The fourth-order valence-electron chi connectivity index (χ4n) is 1.90. The Labute approximate surface area is 105 Å². The zero-order valence-corrected chi connectivity index (χ0v) is 10.5. The van der Waals surface area contributed by atoms with Crippen molar-refractivity contribution < 1.29 is 9.59 Å². The highest BCUT2D eigenvalue weighted by Crippen LogP contribution is 2.10. The average Bonchev–Trinajstić information content (AvgIpc) is 2.34. The summed E-state index contributed by atoms with van der Waals surface area (Å²) in [6, 6.07) is -0.0108. The fraction of sp³-hybridized carbons (Fsp3) is 0.500. The van der Waals surface area contributed by atoms with Crippen LogP contribution in [0.15, 0.2) is 12.4 Å². The molecule has 2 rings (SSSR count).